The fraction of sp³-hybridized carbons (Fsp3) is 1.00. The molecular weight excluding hydrogens is 1250 g/mol. The lowest BCUT2D eigenvalue weighted by Crippen LogP contribution is -2.65. The summed E-state index contributed by atoms with van der Waals surface area (Å²) in [6.45, 7) is 5.62. The molecule has 570 valence electrons. The van der Waals surface area contributed by atoms with Crippen LogP contribution < -0.4 is 0 Å². The molecule has 4 heterocycles. The average molecular weight is 1390 g/mol. The summed E-state index contributed by atoms with van der Waals surface area (Å²) in [6, 6.07) is 0. The molecular formula is C72H138O24. The van der Waals surface area contributed by atoms with E-state index in [0.717, 1.165) is 103 Å². The van der Waals surface area contributed by atoms with Gasteiger partial charge in [-0.25, -0.2) is 0 Å². The highest BCUT2D eigenvalue weighted by molar-refractivity contribution is 4.96. The third-order valence-electron chi connectivity index (χ3n) is 20.1. The van der Waals surface area contributed by atoms with Crippen molar-refractivity contribution < 1.29 is 119 Å². The highest BCUT2D eigenvalue weighted by Gasteiger charge is 2.53. The van der Waals surface area contributed by atoms with Crippen molar-refractivity contribution >= 4 is 0 Å². The van der Waals surface area contributed by atoms with Gasteiger partial charge in [-0.2, -0.15) is 0 Å². The first-order valence-electron chi connectivity index (χ1n) is 38.2. The second-order valence-electron chi connectivity index (χ2n) is 28.2. The first-order chi connectivity index (χ1) is 46.5. The zero-order valence-corrected chi connectivity index (χ0v) is 59.3. The van der Waals surface area contributed by atoms with E-state index in [1.165, 1.54) is 128 Å². The fourth-order valence-corrected chi connectivity index (χ4v) is 13.7. The van der Waals surface area contributed by atoms with Crippen LogP contribution in [-0.2, 0) is 47.4 Å². The maximum atomic E-state index is 11.8. The van der Waals surface area contributed by atoms with Gasteiger partial charge in [0, 0.05) is 0 Å². The molecule has 0 spiro atoms. The van der Waals surface area contributed by atoms with Crippen molar-refractivity contribution in [3.63, 3.8) is 0 Å². The predicted molar refractivity (Wildman–Crippen MR) is 360 cm³/mol. The molecule has 0 aliphatic carbocycles. The summed E-state index contributed by atoms with van der Waals surface area (Å²) in [4.78, 5) is 0. The van der Waals surface area contributed by atoms with Crippen molar-refractivity contribution in [1.29, 1.82) is 0 Å². The van der Waals surface area contributed by atoms with Crippen LogP contribution in [0.4, 0.5) is 0 Å². The second-order valence-corrected chi connectivity index (χ2v) is 28.2. The van der Waals surface area contributed by atoms with Gasteiger partial charge in [0.15, 0.2) is 25.2 Å². The number of rotatable bonds is 57. The number of hydrogen-bond donors (Lipinski definition) is 14. The Bertz CT molecular complexity index is 1660. The van der Waals surface area contributed by atoms with Crippen LogP contribution in [0.1, 0.15) is 259 Å². The van der Waals surface area contributed by atoms with Crippen LogP contribution in [0.3, 0.4) is 0 Å². The van der Waals surface area contributed by atoms with E-state index in [0.29, 0.717) is 0 Å². The average Bonchev–Trinajstić information content (AvgIpc) is 0.839. The molecule has 24 heteroatoms. The molecule has 4 fully saturated rings. The third-order valence-corrected chi connectivity index (χ3v) is 20.1. The van der Waals surface area contributed by atoms with Gasteiger partial charge in [0.25, 0.3) is 0 Å². The van der Waals surface area contributed by atoms with E-state index in [1.807, 2.05) is 0 Å². The monoisotopic (exact) mass is 1390 g/mol. The van der Waals surface area contributed by atoms with E-state index in [9.17, 15) is 71.5 Å². The zero-order chi connectivity index (χ0) is 70.0. The molecule has 4 aliphatic heterocycles. The summed E-state index contributed by atoms with van der Waals surface area (Å²) in [5.74, 6) is 0.237. The van der Waals surface area contributed by atoms with E-state index in [2.05, 4.69) is 27.7 Å². The lowest BCUT2D eigenvalue weighted by Gasteiger charge is -2.46. The number of aliphatic hydroxyl groups excluding tert-OH is 14. The molecule has 0 radical (unpaired) electrons. The SMILES string of the molecule is CCCCCCCCCCC(CCCCCCCCCC)CO[C@H](CO[C@@H]1O[C@H](CO)[C@@H](O[C@@H]2O[C@H](CO)[C@H](O)[C@H](O)[C@H]2O)[C@H](O)[C@H]1O)[C@@H](CO[C@@H]1O[C@H](CO)[C@@H](O[C@@H]2O[C@H](CO)[C@H](O)[C@H](O)[C@H]2O)[C@H](O)[C@H]1O)OCC(CCCCCCCCCC)CCCCCCCCCC. The number of unbranched alkanes of at least 4 members (excludes halogenated alkanes) is 28. The van der Waals surface area contributed by atoms with E-state index < -0.39 is 161 Å². The molecule has 0 aromatic heterocycles. The van der Waals surface area contributed by atoms with Gasteiger partial charge in [-0.15, -0.1) is 0 Å². The van der Waals surface area contributed by atoms with Crippen LogP contribution in [0.2, 0.25) is 0 Å². The van der Waals surface area contributed by atoms with E-state index in [1.54, 1.807) is 0 Å². The van der Waals surface area contributed by atoms with Crippen LogP contribution in [0, 0.1) is 11.8 Å². The molecule has 4 saturated heterocycles. The first-order valence-corrected chi connectivity index (χ1v) is 38.2. The summed E-state index contributed by atoms with van der Waals surface area (Å²) in [7, 11) is 0. The van der Waals surface area contributed by atoms with Crippen LogP contribution in [0.15, 0.2) is 0 Å². The Hall–Kier alpha value is -0.960. The summed E-state index contributed by atoms with van der Waals surface area (Å²) < 4.78 is 62.2. The molecule has 0 amide bonds. The van der Waals surface area contributed by atoms with E-state index in [4.69, 9.17) is 47.4 Å². The lowest BCUT2D eigenvalue weighted by atomic mass is 9.94. The summed E-state index contributed by atoms with van der Waals surface area (Å²) in [6.07, 6.45) is 4.94. The van der Waals surface area contributed by atoms with Gasteiger partial charge < -0.3 is 119 Å². The molecule has 0 aromatic carbocycles. The van der Waals surface area contributed by atoms with Gasteiger partial charge in [0.1, 0.15) is 110 Å². The van der Waals surface area contributed by atoms with Crippen molar-refractivity contribution in [2.75, 3.05) is 52.9 Å². The number of ether oxygens (including phenoxy) is 10. The van der Waals surface area contributed by atoms with Crippen molar-refractivity contribution in [3.8, 4) is 0 Å². The van der Waals surface area contributed by atoms with Gasteiger partial charge in [0.2, 0.25) is 0 Å². The maximum absolute atomic E-state index is 11.8. The minimum absolute atomic E-state index is 0.118. The van der Waals surface area contributed by atoms with E-state index in [-0.39, 0.29) is 38.3 Å². The van der Waals surface area contributed by atoms with Crippen molar-refractivity contribution in [2.24, 2.45) is 11.8 Å². The van der Waals surface area contributed by atoms with Crippen LogP contribution in [0.25, 0.3) is 0 Å². The van der Waals surface area contributed by atoms with Crippen LogP contribution in [0.5, 0.6) is 0 Å². The second kappa shape index (κ2) is 52.1. The van der Waals surface area contributed by atoms with Crippen molar-refractivity contribution in [2.45, 2.75) is 394 Å². The van der Waals surface area contributed by atoms with Crippen LogP contribution in [-0.4, -0.2) is 259 Å². The summed E-state index contributed by atoms with van der Waals surface area (Å²) in [5, 5.41) is 152. The van der Waals surface area contributed by atoms with Crippen molar-refractivity contribution in [3.05, 3.63) is 0 Å². The van der Waals surface area contributed by atoms with Gasteiger partial charge in [-0.3, -0.25) is 0 Å². The minimum Gasteiger partial charge on any atom is -0.394 e. The molecule has 24 nitrogen and oxygen atoms in total. The van der Waals surface area contributed by atoms with Gasteiger partial charge in [0.05, 0.1) is 52.9 Å². The fourth-order valence-electron chi connectivity index (χ4n) is 13.7. The Labute approximate surface area is 575 Å². The molecule has 96 heavy (non-hydrogen) atoms. The molecule has 0 saturated carbocycles. The highest BCUT2D eigenvalue weighted by Crippen LogP contribution is 2.34. The number of aliphatic hydroxyl groups is 14. The first kappa shape index (κ1) is 87.4. The Morgan fingerprint density at radius 1 is 0.260 bits per heavy atom. The van der Waals surface area contributed by atoms with Crippen molar-refractivity contribution in [1.82, 2.24) is 0 Å². The summed E-state index contributed by atoms with van der Waals surface area (Å²) >= 11 is 0. The Morgan fingerprint density at radius 3 is 0.760 bits per heavy atom. The molecule has 0 aromatic rings. The van der Waals surface area contributed by atoms with E-state index >= 15 is 0 Å². The standard InChI is InChI=1S/C72H138O24/c1-5-9-13-17-21-25-29-33-37-49(38-34-30-26-22-18-14-10-6-2)45-87-55(47-89-69-65(85)61(81)67(53(43-75)93-69)95-71-63(83)59(79)57(77)51(41-73)91-71)56(88-46-50(39-35-31-27-23-19-15-11-7-3)40-36-32-28-24-20-16-12-8-4)48-90-70-66(86)62(82)68(54(44-76)94-70)96-72-64(84)60(80)58(78)52(42-74)92-72/h49-86H,5-48H2,1-4H3/t51-,52-,53-,54-,55-,56-,57+,58+,59+,60+,61-,62-,63-,64-,65-,66-,67-,68-,69-,70-,71+,72+/m1/s1. The quantitative estimate of drug-likeness (QED) is 0.0293. The maximum Gasteiger partial charge on any atom is 0.187 e. The topological polar surface area (TPSA) is 376 Å². The highest BCUT2D eigenvalue weighted by atomic mass is 16.8. The number of hydrogen-bond acceptors (Lipinski definition) is 24. The summed E-state index contributed by atoms with van der Waals surface area (Å²) in [5.41, 5.74) is 0. The third kappa shape index (κ3) is 31.2. The van der Waals surface area contributed by atoms with Crippen LogP contribution >= 0.6 is 0 Å². The molecule has 0 bridgehead atoms. The lowest BCUT2D eigenvalue weighted by molar-refractivity contribution is -0.363. The minimum atomic E-state index is -1.86. The normalized spacial score (nSPS) is 32.0. The molecule has 4 aliphatic rings. The van der Waals surface area contributed by atoms with Gasteiger partial charge in [-0.05, 0) is 37.5 Å². The molecule has 14 N–H and O–H groups in total. The van der Waals surface area contributed by atoms with Gasteiger partial charge >= 0.3 is 0 Å². The Balaban J connectivity index is 1.71. The molecule has 0 unspecified atom stereocenters. The molecule has 4 rings (SSSR count). The Morgan fingerprint density at radius 2 is 0.500 bits per heavy atom. The molecule has 22 atom stereocenters. The Kier molecular flexibility index (Phi) is 47.4. The smallest absolute Gasteiger partial charge is 0.187 e. The predicted octanol–water partition coefficient (Wildman–Crippen LogP) is 6.39. The largest absolute Gasteiger partial charge is 0.394 e. The zero-order valence-electron chi connectivity index (χ0n) is 59.3. The van der Waals surface area contributed by atoms with Gasteiger partial charge in [-0.1, -0.05) is 233 Å².